The molecule has 1 atom stereocenters. The van der Waals surface area contributed by atoms with E-state index in [1.165, 1.54) is 17.4 Å². The molecule has 8 heteroatoms. The molecule has 0 aromatic carbocycles. The predicted octanol–water partition coefficient (Wildman–Crippen LogP) is 2.71. The topological polar surface area (TPSA) is 66.4 Å². The number of rotatable bonds is 4. The zero-order chi connectivity index (χ0) is 13.4. The average Bonchev–Trinajstić information content (AvgIpc) is 2.43. The van der Waals surface area contributed by atoms with Gasteiger partial charge < -0.3 is 5.11 Å². The molecule has 0 saturated carbocycles. The van der Waals surface area contributed by atoms with Gasteiger partial charge in [-0.1, -0.05) is 0 Å². The number of nitrogens with one attached hydrogen (secondary N) is 1. The van der Waals surface area contributed by atoms with Gasteiger partial charge in [0, 0.05) is 0 Å². The van der Waals surface area contributed by atoms with Crippen LogP contribution in [0.1, 0.15) is 20.8 Å². The maximum absolute atomic E-state index is 12.1. The Morgan fingerprint density at radius 2 is 2.00 bits per heavy atom. The van der Waals surface area contributed by atoms with Crippen molar-refractivity contribution >= 4 is 53.2 Å². The lowest BCUT2D eigenvalue weighted by molar-refractivity contribution is 0.111. The Labute approximate surface area is 122 Å². The molecule has 1 unspecified atom stereocenters. The van der Waals surface area contributed by atoms with E-state index in [0.29, 0.717) is 3.79 Å². The van der Waals surface area contributed by atoms with Crippen LogP contribution in [-0.2, 0) is 10.0 Å². The maximum Gasteiger partial charge on any atom is 0.243 e. The van der Waals surface area contributed by atoms with E-state index in [9.17, 15) is 13.5 Å². The van der Waals surface area contributed by atoms with Gasteiger partial charge in [0.25, 0.3) is 0 Å². The van der Waals surface area contributed by atoms with Crippen molar-refractivity contribution < 1.29 is 13.5 Å². The zero-order valence-corrected chi connectivity index (χ0v) is 14.3. The highest BCUT2D eigenvalue weighted by Crippen LogP contribution is 2.35. The average molecular weight is 407 g/mol. The van der Waals surface area contributed by atoms with Gasteiger partial charge in [-0.2, -0.15) is 0 Å². The van der Waals surface area contributed by atoms with E-state index in [4.69, 9.17) is 0 Å². The smallest absolute Gasteiger partial charge is 0.243 e. The molecule has 1 aromatic rings. The maximum atomic E-state index is 12.1. The van der Waals surface area contributed by atoms with Crippen LogP contribution < -0.4 is 4.72 Å². The van der Waals surface area contributed by atoms with Gasteiger partial charge in [-0.25, -0.2) is 13.1 Å². The van der Waals surface area contributed by atoms with Crippen LogP contribution in [0, 0.1) is 0 Å². The Bertz CT molecular complexity index is 508. The highest BCUT2D eigenvalue weighted by molar-refractivity contribution is 9.12. The molecule has 17 heavy (non-hydrogen) atoms. The van der Waals surface area contributed by atoms with Crippen LogP contribution in [-0.4, -0.2) is 25.2 Å². The number of thiophene rings is 1. The Kier molecular flexibility index (Phi) is 4.82. The van der Waals surface area contributed by atoms with Gasteiger partial charge in [-0.3, -0.25) is 0 Å². The van der Waals surface area contributed by atoms with Crippen molar-refractivity contribution in [2.75, 3.05) is 0 Å². The van der Waals surface area contributed by atoms with Gasteiger partial charge in [0.05, 0.1) is 19.2 Å². The van der Waals surface area contributed by atoms with Crippen LogP contribution in [0.2, 0.25) is 0 Å². The first-order chi connectivity index (χ1) is 7.56. The quantitative estimate of drug-likeness (QED) is 0.807. The molecule has 98 valence electrons. The van der Waals surface area contributed by atoms with E-state index >= 15 is 0 Å². The fourth-order valence-electron chi connectivity index (χ4n) is 0.995. The Balaban J connectivity index is 3.10. The summed E-state index contributed by atoms with van der Waals surface area (Å²) < 4.78 is 28.0. The van der Waals surface area contributed by atoms with Gasteiger partial charge in [0.1, 0.15) is 4.90 Å². The van der Waals surface area contributed by atoms with Crippen LogP contribution in [0.3, 0.4) is 0 Å². The highest BCUT2D eigenvalue weighted by atomic mass is 79.9. The summed E-state index contributed by atoms with van der Waals surface area (Å²) in [6.07, 6.45) is -0.793. The van der Waals surface area contributed by atoms with Crippen molar-refractivity contribution in [3.05, 3.63) is 13.6 Å². The standard InChI is InChI=1S/C9H13Br2NO3S2/c1-5(13)9(2,3)12-17(14,15)6-4-7(10)16-8(6)11/h4-5,12-13H,1-3H3. The molecule has 1 heterocycles. The van der Waals surface area contributed by atoms with Gasteiger partial charge in [0.15, 0.2) is 0 Å². The molecule has 0 spiro atoms. The minimum absolute atomic E-state index is 0.170. The normalized spacial score (nSPS) is 14.9. The highest BCUT2D eigenvalue weighted by Gasteiger charge is 2.32. The van der Waals surface area contributed by atoms with Gasteiger partial charge in [-0.15, -0.1) is 11.3 Å². The van der Waals surface area contributed by atoms with Gasteiger partial charge in [0.2, 0.25) is 10.0 Å². The molecule has 0 aliphatic carbocycles. The van der Waals surface area contributed by atoms with Crippen LogP contribution in [0.15, 0.2) is 18.5 Å². The first-order valence-electron chi connectivity index (χ1n) is 4.73. The van der Waals surface area contributed by atoms with E-state index in [2.05, 4.69) is 36.6 Å². The fourth-order valence-corrected chi connectivity index (χ4v) is 6.28. The third kappa shape index (κ3) is 3.74. The molecule has 0 radical (unpaired) electrons. The summed E-state index contributed by atoms with van der Waals surface area (Å²) in [4.78, 5) is 0.170. The van der Waals surface area contributed by atoms with Crippen LogP contribution in [0.25, 0.3) is 0 Å². The predicted molar refractivity (Wildman–Crippen MR) is 75.8 cm³/mol. The Hall–Kier alpha value is 0.530. The molecule has 0 saturated heterocycles. The van der Waals surface area contributed by atoms with Crippen LogP contribution in [0.5, 0.6) is 0 Å². The number of aliphatic hydroxyl groups excluding tert-OH is 1. The second-order valence-electron chi connectivity index (χ2n) is 4.19. The molecule has 4 nitrogen and oxygen atoms in total. The van der Waals surface area contributed by atoms with Crippen molar-refractivity contribution in [1.29, 1.82) is 0 Å². The summed E-state index contributed by atoms with van der Waals surface area (Å²) in [7, 11) is -3.65. The van der Waals surface area contributed by atoms with E-state index in [1.807, 2.05) is 0 Å². The second kappa shape index (κ2) is 5.26. The second-order valence-corrected chi connectivity index (χ2v) is 9.59. The van der Waals surface area contributed by atoms with Gasteiger partial charge in [-0.05, 0) is 58.7 Å². The third-order valence-corrected chi connectivity index (χ3v) is 6.78. The molecule has 1 rings (SSSR count). The van der Waals surface area contributed by atoms with Crippen molar-refractivity contribution in [3.63, 3.8) is 0 Å². The lowest BCUT2D eigenvalue weighted by Crippen LogP contribution is -2.50. The van der Waals surface area contributed by atoms with Crippen LogP contribution in [0.4, 0.5) is 0 Å². The largest absolute Gasteiger partial charge is 0.391 e. The van der Waals surface area contributed by atoms with Crippen molar-refractivity contribution in [2.24, 2.45) is 0 Å². The lowest BCUT2D eigenvalue weighted by atomic mass is 10.0. The first-order valence-corrected chi connectivity index (χ1v) is 8.62. The summed E-state index contributed by atoms with van der Waals surface area (Å²) in [5.41, 5.74) is -0.924. The number of halogens is 2. The number of aliphatic hydroxyl groups is 1. The zero-order valence-electron chi connectivity index (χ0n) is 9.49. The molecule has 0 fully saturated rings. The number of hydrogen-bond acceptors (Lipinski definition) is 4. The minimum Gasteiger partial charge on any atom is -0.391 e. The summed E-state index contributed by atoms with van der Waals surface area (Å²) >= 11 is 7.72. The van der Waals surface area contributed by atoms with Crippen molar-refractivity contribution in [1.82, 2.24) is 4.72 Å². The van der Waals surface area contributed by atoms with E-state index < -0.39 is 21.7 Å². The summed E-state index contributed by atoms with van der Waals surface area (Å²) in [6.45, 7) is 4.80. The summed E-state index contributed by atoms with van der Waals surface area (Å²) in [6, 6.07) is 1.52. The monoisotopic (exact) mass is 405 g/mol. The van der Waals surface area contributed by atoms with Crippen molar-refractivity contribution in [3.8, 4) is 0 Å². The van der Waals surface area contributed by atoms with E-state index in [1.54, 1.807) is 20.8 Å². The van der Waals surface area contributed by atoms with E-state index in [-0.39, 0.29) is 4.90 Å². The lowest BCUT2D eigenvalue weighted by Gasteiger charge is -2.28. The third-order valence-electron chi connectivity index (χ3n) is 2.36. The molecular formula is C9H13Br2NO3S2. The number of sulfonamides is 1. The molecule has 2 N–H and O–H groups in total. The van der Waals surface area contributed by atoms with Crippen molar-refractivity contribution in [2.45, 2.75) is 37.3 Å². The summed E-state index contributed by atoms with van der Waals surface area (Å²) in [5, 5.41) is 9.52. The minimum atomic E-state index is -3.65. The fraction of sp³-hybridized carbons (Fsp3) is 0.556. The Morgan fingerprint density at radius 1 is 1.47 bits per heavy atom. The Morgan fingerprint density at radius 3 is 2.35 bits per heavy atom. The number of hydrogen-bond donors (Lipinski definition) is 2. The SMILES string of the molecule is CC(O)C(C)(C)NS(=O)(=O)c1cc(Br)sc1Br. The molecular weight excluding hydrogens is 394 g/mol. The van der Waals surface area contributed by atoms with Gasteiger partial charge >= 0.3 is 0 Å². The van der Waals surface area contributed by atoms with E-state index in [0.717, 1.165) is 3.79 Å². The molecule has 0 aliphatic heterocycles. The molecule has 0 bridgehead atoms. The molecule has 0 amide bonds. The molecule has 0 aliphatic rings. The molecule has 1 aromatic heterocycles. The summed E-state index contributed by atoms with van der Waals surface area (Å²) in [5.74, 6) is 0. The van der Waals surface area contributed by atoms with Crippen LogP contribution >= 0.6 is 43.2 Å². The first kappa shape index (κ1) is 15.6.